The number of benzene rings is 1. The summed E-state index contributed by atoms with van der Waals surface area (Å²) in [7, 11) is 0. The second kappa shape index (κ2) is 4.14. The molecule has 0 amide bonds. The van der Waals surface area contributed by atoms with Crippen molar-refractivity contribution >= 4 is 11.5 Å². The van der Waals surface area contributed by atoms with Crippen LogP contribution in [0.2, 0.25) is 0 Å². The number of anilines is 1. The first-order chi connectivity index (χ1) is 9.19. The van der Waals surface area contributed by atoms with E-state index in [0.717, 1.165) is 22.5 Å². The fourth-order valence-electron chi connectivity index (χ4n) is 2.08. The first-order valence-corrected chi connectivity index (χ1v) is 5.94. The Bertz CT molecular complexity index is 791. The smallest absolute Gasteiger partial charge is 0.139 e. The zero-order chi connectivity index (χ0) is 13.4. The zero-order valence-corrected chi connectivity index (χ0v) is 10.5. The number of imidazole rings is 1. The summed E-state index contributed by atoms with van der Waals surface area (Å²) in [6.07, 6.45) is 1.96. The van der Waals surface area contributed by atoms with E-state index in [1.807, 2.05) is 41.8 Å². The minimum atomic E-state index is 0.614. The SMILES string of the molecule is Cc1ccc2nc(-c3ccc(C#N)cc3)c(N)n2c1. The molecule has 1 aromatic carbocycles. The van der Waals surface area contributed by atoms with Crippen LogP contribution in [0.15, 0.2) is 42.6 Å². The van der Waals surface area contributed by atoms with Crippen molar-refractivity contribution in [1.82, 2.24) is 9.38 Å². The molecule has 19 heavy (non-hydrogen) atoms. The van der Waals surface area contributed by atoms with Crippen molar-refractivity contribution in [2.45, 2.75) is 6.92 Å². The van der Waals surface area contributed by atoms with E-state index < -0.39 is 0 Å². The molecule has 2 heterocycles. The molecule has 0 unspecified atom stereocenters. The van der Waals surface area contributed by atoms with Crippen molar-refractivity contribution in [2.75, 3.05) is 5.73 Å². The Morgan fingerprint density at radius 2 is 1.89 bits per heavy atom. The maximum atomic E-state index is 8.80. The summed E-state index contributed by atoms with van der Waals surface area (Å²) >= 11 is 0. The third-order valence-corrected chi connectivity index (χ3v) is 3.09. The molecule has 0 radical (unpaired) electrons. The molecule has 0 saturated carbocycles. The van der Waals surface area contributed by atoms with Crippen LogP contribution in [0.3, 0.4) is 0 Å². The van der Waals surface area contributed by atoms with E-state index >= 15 is 0 Å². The lowest BCUT2D eigenvalue weighted by Gasteiger charge is -2.00. The molecular weight excluding hydrogens is 236 g/mol. The van der Waals surface area contributed by atoms with Gasteiger partial charge in [-0.1, -0.05) is 18.2 Å². The van der Waals surface area contributed by atoms with Gasteiger partial charge in [-0.15, -0.1) is 0 Å². The summed E-state index contributed by atoms with van der Waals surface area (Å²) in [5.74, 6) is 0.614. The maximum absolute atomic E-state index is 8.80. The summed E-state index contributed by atoms with van der Waals surface area (Å²) in [4.78, 5) is 4.53. The number of nitrogens with two attached hydrogens (primary N) is 1. The molecule has 92 valence electrons. The Balaban J connectivity index is 2.19. The van der Waals surface area contributed by atoms with Crippen molar-refractivity contribution in [3.05, 3.63) is 53.7 Å². The van der Waals surface area contributed by atoms with Crippen LogP contribution in [0.5, 0.6) is 0 Å². The second-order valence-electron chi connectivity index (χ2n) is 4.47. The molecule has 0 saturated heterocycles. The third kappa shape index (κ3) is 1.81. The molecule has 2 N–H and O–H groups in total. The van der Waals surface area contributed by atoms with Crippen molar-refractivity contribution in [1.29, 1.82) is 5.26 Å². The van der Waals surface area contributed by atoms with Crippen LogP contribution in [0.4, 0.5) is 5.82 Å². The monoisotopic (exact) mass is 248 g/mol. The molecule has 0 aliphatic carbocycles. The lowest BCUT2D eigenvalue weighted by molar-refractivity contribution is 1.16. The number of aromatic nitrogens is 2. The van der Waals surface area contributed by atoms with Gasteiger partial charge in [-0.3, -0.25) is 4.40 Å². The van der Waals surface area contributed by atoms with Gasteiger partial charge in [0.15, 0.2) is 0 Å². The quantitative estimate of drug-likeness (QED) is 0.720. The van der Waals surface area contributed by atoms with Crippen molar-refractivity contribution in [3.63, 3.8) is 0 Å². The Kier molecular flexibility index (Phi) is 2.46. The number of rotatable bonds is 1. The van der Waals surface area contributed by atoms with Crippen molar-refractivity contribution in [3.8, 4) is 17.3 Å². The predicted octanol–water partition coefficient (Wildman–Crippen LogP) is 2.76. The summed E-state index contributed by atoms with van der Waals surface area (Å²) in [5.41, 5.74) is 10.4. The topological polar surface area (TPSA) is 67.1 Å². The molecule has 4 nitrogen and oxygen atoms in total. The summed E-state index contributed by atoms with van der Waals surface area (Å²) in [6, 6.07) is 13.3. The summed E-state index contributed by atoms with van der Waals surface area (Å²) in [5, 5.41) is 8.80. The van der Waals surface area contributed by atoms with Gasteiger partial charge in [0, 0.05) is 11.8 Å². The Labute approximate surface area is 110 Å². The van der Waals surface area contributed by atoms with Crippen LogP contribution in [-0.2, 0) is 0 Å². The number of nitriles is 1. The van der Waals surface area contributed by atoms with Gasteiger partial charge in [-0.2, -0.15) is 5.26 Å². The van der Waals surface area contributed by atoms with Crippen LogP contribution in [0, 0.1) is 18.3 Å². The van der Waals surface area contributed by atoms with E-state index in [0.29, 0.717) is 11.4 Å². The number of hydrogen-bond acceptors (Lipinski definition) is 3. The zero-order valence-electron chi connectivity index (χ0n) is 10.5. The van der Waals surface area contributed by atoms with E-state index in [2.05, 4.69) is 11.1 Å². The first-order valence-electron chi connectivity index (χ1n) is 5.94. The van der Waals surface area contributed by atoms with E-state index in [1.54, 1.807) is 12.1 Å². The maximum Gasteiger partial charge on any atom is 0.139 e. The molecule has 2 aromatic heterocycles. The lowest BCUT2D eigenvalue weighted by Crippen LogP contribution is -1.94. The summed E-state index contributed by atoms with van der Waals surface area (Å²) < 4.78 is 1.88. The van der Waals surface area contributed by atoms with Crippen molar-refractivity contribution in [2.24, 2.45) is 0 Å². The van der Waals surface area contributed by atoms with E-state index in [9.17, 15) is 0 Å². The second-order valence-corrected chi connectivity index (χ2v) is 4.47. The predicted molar refractivity (Wildman–Crippen MR) is 74.5 cm³/mol. The van der Waals surface area contributed by atoms with Crippen LogP contribution in [-0.4, -0.2) is 9.38 Å². The Morgan fingerprint density at radius 3 is 2.58 bits per heavy atom. The average Bonchev–Trinajstić information content (AvgIpc) is 2.76. The standard InChI is InChI=1S/C15H12N4/c1-10-2-7-13-18-14(15(17)19(13)9-10)12-5-3-11(8-16)4-6-12/h2-7,9H,17H2,1H3. The molecule has 0 fully saturated rings. The van der Waals surface area contributed by atoms with Crippen LogP contribution < -0.4 is 5.73 Å². The number of pyridine rings is 1. The molecule has 0 bridgehead atoms. The normalized spacial score (nSPS) is 10.5. The van der Waals surface area contributed by atoms with Gasteiger partial charge >= 0.3 is 0 Å². The van der Waals surface area contributed by atoms with E-state index in [-0.39, 0.29) is 0 Å². The largest absolute Gasteiger partial charge is 0.383 e. The van der Waals surface area contributed by atoms with Crippen LogP contribution in [0.25, 0.3) is 16.9 Å². The molecule has 3 aromatic rings. The summed E-state index contributed by atoms with van der Waals surface area (Å²) in [6.45, 7) is 2.01. The minimum absolute atomic E-state index is 0.614. The molecule has 0 spiro atoms. The number of nitrogens with zero attached hydrogens (tertiary/aromatic N) is 3. The first kappa shape index (κ1) is 11.3. The molecular formula is C15H12N4. The number of nitrogen functional groups attached to an aromatic ring is 1. The van der Waals surface area contributed by atoms with Gasteiger partial charge in [0.05, 0.1) is 11.6 Å². The highest BCUT2D eigenvalue weighted by atomic mass is 15.1. The molecule has 0 aliphatic rings. The van der Waals surface area contributed by atoms with Gasteiger partial charge in [0.25, 0.3) is 0 Å². The number of aryl methyl sites for hydroxylation is 1. The highest BCUT2D eigenvalue weighted by Gasteiger charge is 2.11. The van der Waals surface area contributed by atoms with Gasteiger partial charge in [0.2, 0.25) is 0 Å². The van der Waals surface area contributed by atoms with Crippen molar-refractivity contribution < 1.29 is 0 Å². The van der Waals surface area contributed by atoms with Gasteiger partial charge < -0.3 is 5.73 Å². The lowest BCUT2D eigenvalue weighted by atomic mass is 10.1. The molecule has 0 aliphatic heterocycles. The average molecular weight is 248 g/mol. The van der Waals surface area contributed by atoms with Gasteiger partial charge in [-0.05, 0) is 30.7 Å². The molecule has 4 heteroatoms. The van der Waals surface area contributed by atoms with Crippen LogP contribution >= 0.6 is 0 Å². The minimum Gasteiger partial charge on any atom is -0.383 e. The fourth-order valence-corrected chi connectivity index (χ4v) is 2.08. The van der Waals surface area contributed by atoms with Crippen LogP contribution in [0.1, 0.15) is 11.1 Å². The number of fused-ring (bicyclic) bond motifs is 1. The third-order valence-electron chi connectivity index (χ3n) is 3.09. The highest BCUT2D eigenvalue weighted by molar-refractivity contribution is 5.75. The van der Waals surface area contributed by atoms with E-state index in [4.69, 9.17) is 11.0 Å². The molecule has 0 atom stereocenters. The number of hydrogen-bond donors (Lipinski definition) is 1. The van der Waals surface area contributed by atoms with E-state index in [1.165, 1.54) is 0 Å². The highest BCUT2D eigenvalue weighted by Crippen LogP contribution is 2.26. The Hall–Kier alpha value is -2.80. The fraction of sp³-hybridized carbons (Fsp3) is 0.0667. The van der Waals surface area contributed by atoms with Gasteiger partial charge in [-0.25, -0.2) is 4.98 Å². The Morgan fingerprint density at radius 1 is 1.16 bits per heavy atom. The molecule has 3 rings (SSSR count). The van der Waals surface area contributed by atoms with Gasteiger partial charge in [0.1, 0.15) is 17.2 Å².